The van der Waals surface area contributed by atoms with Crippen molar-refractivity contribution < 1.29 is 18.0 Å². The third-order valence-electron chi connectivity index (χ3n) is 5.89. The average Bonchev–Trinajstić information content (AvgIpc) is 2.77. The third-order valence-corrected chi connectivity index (χ3v) is 7.56. The summed E-state index contributed by atoms with van der Waals surface area (Å²) in [4.78, 5) is 27.9. The van der Waals surface area contributed by atoms with E-state index >= 15 is 0 Å². The number of nitrogens with one attached hydrogen (secondary N) is 1. The molecule has 0 heterocycles. The van der Waals surface area contributed by atoms with Gasteiger partial charge in [0.15, 0.2) is 0 Å². The van der Waals surface area contributed by atoms with Crippen molar-refractivity contribution in [2.75, 3.05) is 17.1 Å². The molecule has 0 saturated carbocycles. The summed E-state index contributed by atoms with van der Waals surface area (Å²) in [7, 11) is -3.74. The number of hydrogen-bond acceptors (Lipinski definition) is 4. The van der Waals surface area contributed by atoms with Crippen LogP contribution in [0.2, 0.25) is 0 Å². The van der Waals surface area contributed by atoms with Crippen LogP contribution >= 0.6 is 15.9 Å². The predicted octanol–water partition coefficient (Wildman–Crippen LogP) is 4.16. The van der Waals surface area contributed by atoms with Gasteiger partial charge in [0.25, 0.3) is 0 Å². The third kappa shape index (κ3) is 7.56. The van der Waals surface area contributed by atoms with E-state index in [9.17, 15) is 18.0 Å². The molecule has 0 saturated heterocycles. The number of benzene rings is 2. The number of nitrogens with zero attached hydrogens (tertiary/aromatic N) is 2. The Kier molecular flexibility index (Phi) is 9.70. The Morgan fingerprint density at radius 2 is 1.65 bits per heavy atom. The number of sulfonamides is 1. The van der Waals surface area contributed by atoms with Crippen LogP contribution < -0.4 is 9.62 Å². The van der Waals surface area contributed by atoms with Crippen molar-refractivity contribution in [2.45, 2.75) is 59.7 Å². The second-order valence-corrected chi connectivity index (χ2v) is 11.5. The molecule has 2 aromatic carbocycles. The van der Waals surface area contributed by atoms with Gasteiger partial charge in [-0.15, -0.1) is 0 Å². The first kappa shape index (κ1) is 27.9. The molecule has 0 unspecified atom stereocenters. The first-order valence-electron chi connectivity index (χ1n) is 11.2. The van der Waals surface area contributed by atoms with E-state index in [2.05, 4.69) is 21.2 Å². The maximum absolute atomic E-state index is 13.5. The second-order valence-electron chi connectivity index (χ2n) is 8.68. The van der Waals surface area contributed by atoms with Crippen molar-refractivity contribution in [2.24, 2.45) is 0 Å². The maximum Gasteiger partial charge on any atom is 0.244 e. The number of carbonyl (C=O) groups excluding carboxylic acids is 2. The van der Waals surface area contributed by atoms with Gasteiger partial charge in [0.2, 0.25) is 21.8 Å². The summed E-state index contributed by atoms with van der Waals surface area (Å²) in [5.74, 6) is -0.740. The smallest absolute Gasteiger partial charge is 0.244 e. The Balaban J connectivity index is 2.39. The maximum atomic E-state index is 13.5. The summed E-state index contributed by atoms with van der Waals surface area (Å²) >= 11 is 3.40. The van der Waals surface area contributed by atoms with Gasteiger partial charge in [-0.05, 0) is 75.1 Å². The molecule has 0 aliphatic carbocycles. The van der Waals surface area contributed by atoms with Gasteiger partial charge in [0, 0.05) is 17.1 Å². The van der Waals surface area contributed by atoms with Crippen LogP contribution in [0.1, 0.15) is 43.9 Å². The molecule has 34 heavy (non-hydrogen) atoms. The first-order chi connectivity index (χ1) is 15.8. The summed E-state index contributed by atoms with van der Waals surface area (Å²) in [6.07, 6.45) is 1.83. The average molecular weight is 553 g/mol. The minimum absolute atomic E-state index is 0.0392. The zero-order valence-corrected chi connectivity index (χ0v) is 23.0. The largest absolute Gasteiger partial charge is 0.352 e. The molecular formula is C25H34BrN3O4S. The molecule has 1 N–H and O–H groups in total. The molecule has 9 heteroatoms. The standard InChI is InChI=1S/C25H34BrN3O4S/c1-7-19(4)27-25(31)20(5)28(15-21-9-11-22(26)12-10-21)24(30)16-29(34(6,32)33)23-13-8-17(2)18(3)14-23/h8-14,19-20H,7,15-16H2,1-6H3,(H,27,31)/t19-,20+/m0/s1. The lowest BCUT2D eigenvalue weighted by Gasteiger charge is -2.32. The molecular weight excluding hydrogens is 518 g/mol. The Morgan fingerprint density at radius 1 is 1.03 bits per heavy atom. The van der Waals surface area contributed by atoms with Gasteiger partial charge in [0.1, 0.15) is 12.6 Å². The SMILES string of the molecule is CC[C@H](C)NC(=O)[C@@H](C)N(Cc1ccc(Br)cc1)C(=O)CN(c1ccc(C)c(C)c1)S(C)(=O)=O. The van der Waals surface area contributed by atoms with Crippen LogP contribution in [0.15, 0.2) is 46.9 Å². The number of aryl methyl sites for hydroxylation is 2. The van der Waals surface area contributed by atoms with Crippen LogP contribution in [0.5, 0.6) is 0 Å². The fourth-order valence-corrected chi connectivity index (χ4v) is 4.43. The summed E-state index contributed by atoms with van der Waals surface area (Å²) in [5.41, 5.74) is 3.19. The lowest BCUT2D eigenvalue weighted by atomic mass is 10.1. The number of anilines is 1. The molecule has 0 aliphatic rings. The summed E-state index contributed by atoms with van der Waals surface area (Å²) in [6, 6.07) is 11.9. The summed E-state index contributed by atoms with van der Waals surface area (Å²) < 4.78 is 27.3. The number of rotatable bonds is 10. The van der Waals surface area contributed by atoms with Crippen LogP contribution in [0.3, 0.4) is 0 Å². The number of amides is 2. The van der Waals surface area contributed by atoms with Gasteiger partial charge in [0.05, 0.1) is 11.9 Å². The molecule has 2 rings (SSSR count). The van der Waals surface area contributed by atoms with Gasteiger partial charge < -0.3 is 10.2 Å². The van der Waals surface area contributed by atoms with Crippen molar-refractivity contribution in [3.05, 3.63) is 63.6 Å². The molecule has 2 amide bonds. The fourth-order valence-electron chi connectivity index (χ4n) is 3.33. The van der Waals surface area contributed by atoms with E-state index in [4.69, 9.17) is 0 Å². The quantitative estimate of drug-likeness (QED) is 0.480. The van der Waals surface area contributed by atoms with Crippen LogP contribution in [-0.4, -0.2) is 50.0 Å². The topological polar surface area (TPSA) is 86.8 Å². The van der Waals surface area contributed by atoms with Gasteiger partial charge in [-0.3, -0.25) is 13.9 Å². The highest BCUT2D eigenvalue weighted by molar-refractivity contribution is 9.10. The van der Waals surface area contributed by atoms with Crippen molar-refractivity contribution in [1.29, 1.82) is 0 Å². The Morgan fingerprint density at radius 3 is 2.18 bits per heavy atom. The van der Waals surface area contributed by atoms with Crippen LogP contribution in [0.25, 0.3) is 0 Å². The monoisotopic (exact) mass is 551 g/mol. The van der Waals surface area contributed by atoms with Crippen LogP contribution in [0, 0.1) is 13.8 Å². The molecule has 0 aromatic heterocycles. The van der Waals surface area contributed by atoms with E-state index in [1.54, 1.807) is 19.1 Å². The highest BCUT2D eigenvalue weighted by Gasteiger charge is 2.30. The van der Waals surface area contributed by atoms with Crippen molar-refractivity contribution in [1.82, 2.24) is 10.2 Å². The molecule has 7 nitrogen and oxygen atoms in total. The minimum Gasteiger partial charge on any atom is -0.352 e. The fraction of sp³-hybridized carbons (Fsp3) is 0.440. The molecule has 0 spiro atoms. The zero-order chi connectivity index (χ0) is 25.6. The molecule has 0 aliphatic heterocycles. The van der Waals surface area contributed by atoms with E-state index in [0.29, 0.717) is 5.69 Å². The summed E-state index contributed by atoms with van der Waals surface area (Å²) in [5, 5.41) is 2.92. The molecule has 0 radical (unpaired) electrons. The van der Waals surface area contributed by atoms with E-state index < -0.39 is 28.5 Å². The van der Waals surface area contributed by atoms with E-state index in [1.807, 2.05) is 58.0 Å². The van der Waals surface area contributed by atoms with Crippen LogP contribution in [0.4, 0.5) is 5.69 Å². The number of hydrogen-bond donors (Lipinski definition) is 1. The highest BCUT2D eigenvalue weighted by atomic mass is 79.9. The van der Waals surface area contributed by atoms with Gasteiger partial charge in [-0.25, -0.2) is 8.42 Å². The summed E-state index contributed by atoms with van der Waals surface area (Å²) in [6.45, 7) is 9.12. The lowest BCUT2D eigenvalue weighted by molar-refractivity contribution is -0.139. The molecule has 2 aromatic rings. The first-order valence-corrected chi connectivity index (χ1v) is 13.9. The highest BCUT2D eigenvalue weighted by Crippen LogP contribution is 2.22. The molecule has 0 fully saturated rings. The van der Waals surface area contributed by atoms with Gasteiger partial charge in [-0.1, -0.05) is 41.1 Å². The molecule has 186 valence electrons. The van der Waals surface area contributed by atoms with E-state index in [0.717, 1.165) is 38.1 Å². The van der Waals surface area contributed by atoms with Crippen molar-refractivity contribution >= 4 is 43.5 Å². The van der Waals surface area contributed by atoms with Gasteiger partial charge in [-0.2, -0.15) is 0 Å². The van der Waals surface area contributed by atoms with E-state index in [1.165, 1.54) is 4.90 Å². The Bertz CT molecular complexity index is 1120. The normalized spacial score (nSPS) is 13.1. The van der Waals surface area contributed by atoms with Crippen molar-refractivity contribution in [3.8, 4) is 0 Å². The Labute approximate surface area is 211 Å². The van der Waals surface area contributed by atoms with Crippen LogP contribution in [-0.2, 0) is 26.2 Å². The minimum atomic E-state index is -3.74. The molecule has 0 bridgehead atoms. The Hall–Kier alpha value is -2.39. The number of carbonyl (C=O) groups is 2. The number of halogens is 1. The zero-order valence-electron chi connectivity index (χ0n) is 20.6. The predicted molar refractivity (Wildman–Crippen MR) is 140 cm³/mol. The van der Waals surface area contributed by atoms with Crippen molar-refractivity contribution in [3.63, 3.8) is 0 Å². The second kappa shape index (κ2) is 11.8. The van der Waals surface area contributed by atoms with Gasteiger partial charge >= 0.3 is 0 Å². The van der Waals surface area contributed by atoms with E-state index in [-0.39, 0.29) is 18.5 Å². The lowest BCUT2D eigenvalue weighted by Crippen LogP contribution is -2.52. The molecule has 2 atom stereocenters.